The van der Waals surface area contributed by atoms with Crippen molar-refractivity contribution in [2.24, 2.45) is 0 Å². The number of carbonyl (C=O) groups excluding carboxylic acids is 4. The molecule has 2 amide bonds. The maximum absolute atomic E-state index is 13.0. The molecule has 0 aliphatic carbocycles. The van der Waals surface area contributed by atoms with E-state index in [1.165, 1.54) is 101 Å². The first-order valence-corrected chi connectivity index (χ1v) is 25.4. The minimum atomic E-state index is -0.189. The van der Waals surface area contributed by atoms with Crippen molar-refractivity contribution in [3.8, 4) is 0 Å². The maximum Gasteiger partial charge on any atom is 0.306 e. The Kier molecular flexibility index (Phi) is 32.8. The van der Waals surface area contributed by atoms with Crippen LogP contribution in [0.25, 0.3) is 0 Å². The first-order valence-electron chi connectivity index (χ1n) is 25.4. The van der Waals surface area contributed by atoms with Gasteiger partial charge >= 0.3 is 11.9 Å². The number of ether oxygens (including phenoxy) is 2. The molecular formula is C52H90N2O6. The third-order valence-corrected chi connectivity index (χ3v) is 12.3. The highest BCUT2D eigenvalue weighted by molar-refractivity contribution is 6.21. The highest BCUT2D eigenvalue weighted by Crippen LogP contribution is 2.23. The summed E-state index contributed by atoms with van der Waals surface area (Å²) in [5, 5.41) is 0. The van der Waals surface area contributed by atoms with Crippen molar-refractivity contribution < 1.29 is 28.7 Å². The number of unbranched alkanes of at least 4 members (excludes halogenated alkanes) is 24. The number of hydrogen-bond donors (Lipinski definition) is 0. The van der Waals surface area contributed by atoms with Crippen molar-refractivity contribution in [3.05, 3.63) is 35.4 Å². The summed E-state index contributed by atoms with van der Waals surface area (Å²) in [4.78, 5) is 54.9. The van der Waals surface area contributed by atoms with Crippen LogP contribution in [0.4, 0.5) is 0 Å². The van der Waals surface area contributed by atoms with Gasteiger partial charge in [0.15, 0.2) is 0 Å². The van der Waals surface area contributed by atoms with E-state index >= 15 is 0 Å². The lowest BCUT2D eigenvalue weighted by Crippen LogP contribution is -2.39. The first-order chi connectivity index (χ1) is 29.4. The predicted octanol–water partition coefficient (Wildman–Crippen LogP) is 14.0. The van der Waals surface area contributed by atoms with Gasteiger partial charge in [-0.2, -0.15) is 0 Å². The van der Waals surface area contributed by atoms with Crippen LogP contribution in [0.5, 0.6) is 0 Å². The number of esters is 2. The Morgan fingerprint density at radius 1 is 0.500 bits per heavy atom. The van der Waals surface area contributed by atoms with E-state index < -0.39 is 0 Å². The number of nitrogens with zero attached hydrogens (tertiary/aromatic N) is 2. The molecule has 1 heterocycles. The van der Waals surface area contributed by atoms with Crippen LogP contribution >= 0.6 is 0 Å². The van der Waals surface area contributed by atoms with Crippen molar-refractivity contribution in [1.82, 2.24) is 9.80 Å². The van der Waals surface area contributed by atoms with Gasteiger partial charge in [0, 0.05) is 25.9 Å². The van der Waals surface area contributed by atoms with Crippen molar-refractivity contribution in [1.29, 1.82) is 0 Å². The molecule has 344 valence electrons. The standard InChI is InChI=1S/C52H90N2O6/c1-4-7-10-13-16-25-34-45-59-49(55)39-28-21-17-23-32-41-53(43-44-54-51(57)47-37-30-31-38-48(47)52(54)58)42-33-24-18-22-29-40-50(56)60-46(35-26-19-14-11-8-5-2)36-27-20-15-12-9-6-3/h30-31,37-38,46H,4-29,32-36,39-45H2,1-3H3. The molecule has 8 nitrogen and oxygen atoms in total. The molecule has 1 aliphatic heterocycles. The average Bonchev–Trinajstić information content (AvgIpc) is 3.49. The number of carbonyl (C=O) groups is 4. The maximum atomic E-state index is 13.0. The molecule has 0 unspecified atom stereocenters. The van der Waals surface area contributed by atoms with Gasteiger partial charge in [0.1, 0.15) is 6.10 Å². The van der Waals surface area contributed by atoms with Crippen LogP contribution in [0.1, 0.15) is 253 Å². The third-order valence-electron chi connectivity index (χ3n) is 12.3. The molecule has 0 radical (unpaired) electrons. The summed E-state index contributed by atoms with van der Waals surface area (Å²) >= 11 is 0. The van der Waals surface area contributed by atoms with E-state index in [-0.39, 0.29) is 29.9 Å². The van der Waals surface area contributed by atoms with E-state index in [9.17, 15) is 19.2 Å². The minimum absolute atomic E-state index is 0.0185. The van der Waals surface area contributed by atoms with Crippen LogP contribution in [0, 0.1) is 0 Å². The zero-order chi connectivity index (χ0) is 43.3. The molecule has 0 spiro atoms. The first kappa shape index (κ1) is 53.4. The molecular weight excluding hydrogens is 749 g/mol. The lowest BCUT2D eigenvalue weighted by molar-refractivity contribution is -0.150. The molecule has 1 aliphatic rings. The molecule has 0 saturated carbocycles. The van der Waals surface area contributed by atoms with E-state index in [4.69, 9.17) is 9.47 Å². The molecule has 0 fully saturated rings. The summed E-state index contributed by atoms with van der Waals surface area (Å²) in [6.07, 6.45) is 37.0. The summed E-state index contributed by atoms with van der Waals surface area (Å²) in [5.74, 6) is -0.459. The second kappa shape index (κ2) is 36.9. The number of rotatable bonds is 42. The molecule has 2 rings (SSSR count). The lowest BCUT2D eigenvalue weighted by atomic mass is 10.0. The lowest BCUT2D eigenvalue weighted by Gasteiger charge is -2.25. The van der Waals surface area contributed by atoms with Crippen molar-refractivity contribution in [2.75, 3.05) is 32.8 Å². The predicted molar refractivity (Wildman–Crippen MR) is 248 cm³/mol. The number of imide groups is 1. The number of amides is 2. The molecule has 0 saturated heterocycles. The smallest absolute Gasteiger partial charge is 0.306 e. The number of benzene rings is 1. The number of hydrogen-bond acceptors (Lipinski definition) is 7. The van der Waals surface area contributed by atoms with E-state index in [1.54, 1.807) is 12.1 Å². The third kappa shape index (κ3) is 25.9. The monoisotopic (exact) mass is 839 g/mol. The summed E-state index contributed by atoms with van der Waals surface area (Å²) in [5.41, 5.74) is 1.01. The Morgan fingerprint density at radius 2 is 0.900 bits per heavy atom. The SMILES string of the molecule is CCCCCCCCCOC(=O)CCCCCCCN(CCCCCCCC(=O)OC(CCCCCCCC)CCCCCCCC)CCN1C(=O)c2ccccc2C1=O. The normalized spacial score (nSPS) is 12.6. The topological polar surface area (TPSA) is 93.2 Å². The molecule has 8 heteroatoms. The highest BCUT2D eigenvalue weighted by atomic mass is 16.5. The van der Waals surface area contributed by atoms with Crippen LogP contribution in [0.2, 0.25) is 0 Å². The molecule has 0 aromatic heterocycles. The number of fused-ring (bicyclic) bond motifs is 1. The molecule has 60 heavy (non-hydrogen) atoms. The van der Waals surface area contributed by atoms with E-state index in [0.29, 0.717) is 43.7 Å². The Balaban J connectivity index is 1.69. The van der Waals surface area contributed by atoms with Crippen LogP contribution < -0.4 is 0 Å². The van der Waals surface area contributed by atoms with Crippen LogP contribution in [0.15, 0.2) is 24.3 Å². The molecule has 1 aromatic rings. The Labute approximate surface area is 368 Å². The summed E-state index contributed by atoms with van der Waals surface area (Å²) < 4.78 is 11.5. The zero-order valence-corrected chi connectivity index (χ0v) is 39.1. The van der Waals surface area contributed by atoms with E-state index in [2.05, 4.69) is 25.7 Å². The second-order valence-electron chi connectivity index (χ2n) is 17.8. The van der Waals surface area contributed by atoms with Gasteiger partial charge < -0.3 is 14.4 Å². The summed E-state index contributed by atoms with van der Waals surface area (Å²) in [6, 6.07) is 7.12. The van der Waals surface area contributed by atoms with Gasteiger partial charge in [-0.15, -0.1) is 0 Å². The van der Waals surface area contributed by atoms with Gasteiger partial charge in [-0.3, -0.25) is 24.1 Å². The minimum Gasteiger partial charge on any atom is -0.466 e. The van der Waals surface area contributed by atoms with Gasteiger partial charge in [0.05, 0.1) is 17.7 Å². The summed E-state index contributed by atoms with van der Waals surface area (Å²) in [6.45, 7) is 10.2. The van der Waals surface area contributed by atoms with Gasteiger partial charge in [-0.25, -0.2) is 0 Å². The largest absolute Gasteiger partial charge is 0.466 e. The highest BCUT2D eigenvalue weighted by Gasteiger charge is 2.34. The fourth-order valence-electron chi connectivity index (χ4n) is 8.42. The molecule has 0 bridgehead atoms. The average molecular weight is 839 g/mol. The molecule has 0 atom stereocenters. The van der Waals surface area contributed by atoms with E-state index in [0.717, 1.165) is 116 Å². The van der Waals surface area contributed by atoms with Crippen LogP contribution in [-0.2, 0) is 19.1 Å². The Hall–Kier alpha value is -2.74. The van der Waals surface area contributed by atoms with Gasteiger partial charge in [0.25, 0.3) is 11.8 Å². The van der Waals surface area contributed by atoms with E-state index in [1.807, 2.05) is 12.1 Å². The summed E-state index contributed by atoms with van der Waals surface area (Å²) in [7, 11) is 0. The fourth-order valence-corrected chi connectivity index (χ4v) is 8.42. The van der Waals surface area contributed by atoms with Crippen LogP contribution in [-0.4, -0.2) is 72.4 Å². The van der Waals surface area contributed by atoms with Gasteiger partial charge in [0.2, 0.25) is 0 Å². The van der Waals surface area contributed by atoms with Crippen molar-refractivity contribution >= 4 is 23.8 Å². The van der Waals surface area contributed by atoms with Crippen molar-refractivity contribution in [3.63, 3.8) is 0 Å². The van der Waals surface area contributed by atoms with Gasteiger partial charge in [-0.1, -0.05) is 174 Å². The fraction of sp³-hybridized carbons (Fsp3) is 0.808. The molecule has 0 N–H and O–H groups in total. The van der Waals surface area contributed by atoms with Gasteiger partial charge in [-0.05, 0) is 83.0 Å². The Bertz CT molecular complexity index is 1200. The Morgan fingerprint density at radius 3 is 1.38 bits per heavy atom. The zero-order valence-electron chi connectivity index (χ0n) is 39.1. The quantitative estimate of drug-likeness (QED) is 0.0368. The van der Waals surface area contributed by atoms with Crippen molar-refractivity contribution in [2.45, 2.75) is 239 Å². The molecule has 1 aromatic carbocycles. The van der Waals surface area contributed by atoms with Crippen LogP contribution in [0.3, 0.4) is 0 Å². The second-order valence-corrected chi connectivity index (χ2v) is 17.8.